The molecule has 0 fully saturated rings. The van der Waals surface area contributed by atoms with Crippen LogP contribution in [-0.2, 0) is 24.7 Å². The Bertz CT molecular complexity index is 904. The van der Waals surface area contributed by atoms with Gasteiger partial charge < -0.3 is 4.57 Å². The monoisotopic (exact) mass is 350 g/mol. The van der Waals surface area contributed by atoms with Crippen molar-refractivity contribution in [3.8, 4) is 0 Å². The van der Waals surface area contributed by atoms with Crippen molar-refractivity contribution in [2.45, 2.75) is 19.8 Å². The van der Waals surface area contributed by atoms with Gasteiger partial charge in [0.2, 0.25) is 0 Å². The van der Waals surface area contributed by atoms with E-state index < -0.39 is 0 Å². The normalized spacial score (nSPS) is 12.2. The molecule has 1 aromatic carbocycles. The number of aromatic nitrogens is 1. The van der Waals surface area contributed by atoms with E-state index in [2.05, 4.69) is 30.1 Å². The maximum absolute atomic E-state index is 12.1. The van der Waals surface area contributed by atoms with Crippen LogP contribution >= 0.6 is 34.3 Å². The molecule has 0 bridgehead atoms. The SMILES string of the molecule is CCc1ccc2c(c1)sc(=NC(=O)Cc1ccc(Cl)s1)n2C. The summed E-state index contributed by atoms with van der Waals surface area (Å²) in [6.07, 6.45) is 1.30. The summed E-state index contributed by atoms with van der Waals surface area (Å²) in [5, 5.41) is 0. The summed E-state index contributed by atoms with van der Waals surface area (Å²) in [6, 6.07) is 10.1. The van der Waals surface area contributed by atoms with E-state index >= 15 is 0 Å². The molecule has 22 heavy (non-hydrogen) atoms. The Morgan fingerprint density at radius 3 is 2.77 bits per heavy atom. The van der Waals surface area contributed by atoms with E-state index in [0.717, 1.165) is 26.3 Å². The van der Waals surface area contributed by atoms with Crippen molar-refractivity contribution in [2.24, 2.45) is 12.0 Å². The number of hydrogen-bond acceptors (Lipinski definition) is 3. The third-order valence-corrected chi connectivity index (χ3v) is 5.78. The molecule has 1 amide bonds. The van der Waals surface area contributed by atoms with Crippen LogP contribution in [0.5, 0.6) is 0 Å². The van der Waals surface area contributed by atoms with Crippen LogP contribution in [0.4, 0.5) is 0 Å². The molecule has 0 atom stereocenters. The third kappa shape index (κ3) is 3.16. The van der Waals surface area contributed by atoms with Crippen molar-refractivity contribution in [1.29, 1.82) is 0 Å². The maximum Gasteiger partial charge on any atom is 0.253 e. The first-order valence-electron chi connectivity index (χ1n) is 6.97. The number of thiophene rings is 1. The zero-order valence-electron chi connectivity index (χ0n) is 12.3. The zero-order valence-corrected chi connectivity index (χ0v) is 14.7. The highest BCUT2D eigenvalue weighted by Gasteiger charge is 2.08. The average Bonchev–Trinajstić information content (AvgIpc) is 3.03. The highest BCUT2D eigenvalue weighted by molar-refractivity contribution is 7.16. The van der Waals surface area contributed by atoms with Crippen LogP contribution in [0.15, 0.2) is 35.3 Å². The molecular formula is C16H15ClN2OS2. The second kappa shape index (κ2) is 6.36. The lowest BCUT2D eigenvalue weighted by molar-refractivity contribution is -0.117. The van der Waals surface area contributed by atoms with Crippen molar-refractivity contribution in [3.05, 3.63) is 49.9 Å². The summed E-state index contributed by atoms with van der Waals surface area (Å²) in [7, 11) is 1.94. The molecule has 0 aliphatic carbocycles. The minimum Gasteiger partial charge on any atom is -0.319 e. The Labute approximate surface area is 141 Å². The van der Waals surface area contributed by atoms with Gasteiger partial charge in [-0.15, -0.1) is 11.3 Å². The smallest absolute Gasteiger partial charge is 0.253 e. The summed E-state index contributed by atoms with van der Waals surface area (Å²) < 4.78 is 3.83. The number of carbonyl (C=O) groups is 1. The van der Waals surface area contributed by atoms with Crippen LogP contribution in [0.25, 0.3) is 10.2 Å². The number of rotatable bonds is 3. The predicted molar refractivity (Wildman–Crippen MR) is 93.8 cm³/mol. The summed E-state index contributed by atoms with van der Waals surface area (Å²) in [4.78, 5) is 18.1. The largest absolute Gasteiger partial charge is 0.319 e. The van der Waals surface area contributed by atoms with Gasteiger partial charge in [0, 0.05) is 11.9 Å². The second-order valence-electron chi connectivity index (χ2n) is 4.99. The molecule has 3 nitrogen and oxygen atoms in total. The van der Waals surface area contributed by atoms with E-state index in [1.807, 2.05) is 17.7 Å². The molecular weight excluding hydrogens is 336 g/mol. The molecule has 0 saturated heterocycles. The van der Waals surface area contributed by atoms with Crippen LogP contribution < -0.4 is 4.80 Å². The zero-order chi connectivity index (χ0) is 15.7. The molecule has 6 heteroatoms. The Morgan fingerprint density at radius 2 is 2.09 bits per heavy atom. The van der Waals surface area contributed by atoms with Gasteiger partial charge in [0.15, 0.2) is 4.80 Å². The van der Waals surface area contributed by atoms with Gasteiger partial charge in [0.05, 0.1) is 21.0 Å². The van der Waals surface area contributed by atoms with Crippen molar-refractivity contribution in [1.82, 2.24) is 4.57 Å². The topological polar surface area (TPSA) is 34.4 Å². The average molecular weight is 351 g/mol. The highest BCUT2D eigenvalue weighted by Crippen LogP contribution is 2.22. The van der Waals surface area contributed by atoms with Gasteiger partial charge >= 0.3 is 0 Å². The van der Waals surface area contributed by atoms with E-state index in [9.17, 15) is 4.79 Å². The van der Waals surface area contributed by atoms with Gasteiger partial charge in [-0.2, -0.15) is 4.99 Å². The Kier molecular flexibility index (Phi) is 4.47. The molecule has 114 valence electrons. The first kappa shape index (κ1) is 15.5. The molecule has 0 N–H and O–H groups in total. The lowest BCUT2D eigenvalue weighted by Gasteiger charge is -1.97. The van der Waals surface area contributed by atoms with E-state index in [0.29, 0.717) is 10.8 Å². The first-order valence-corrected chi connectivity index (χ1v) is 8.98. The van der Waals surface area contributed by atoms with Crippen molar-refractivity contribution in [2.75, 3.05) is 0 Å². The quantitative estimate of drug-likeness (QED) is 0.697. The predicted octanol–water partition coefficient (Wildman–Crippen LogP) is 4.19. The molecule has 0 radical (unpaired) electrons. The van der Waals surface area contributed by atoms with Crippen molar-refractivity contribution in [3.63, 3.8) is 0 Å². The number of halogens is 1. The molecule has 3 aromatic rings. The minimum absolute atomic E-state index is 0.142. The van der Waals surface area contributed by atoms with E-state index in [1.54, 1.807) is 17.4 Å². The van der Waals surface area contributed by atoms with Crippen molar-refractivity contribution >= 4 is 50.4 Å². The van der Waals surface area contributed by atoms with Crippen molar-refractivity contribution < 1.29 is 4.79 Å². The Hall–Kier alpha value is -1.43. The summed E-state index contributed by atoms with van der Waals surface area (Å²) >= 11 is 8.86. The minimum atomic E-state index is -0.142. The van der Waals surface area contributed by atoms with Gasteiger partial charge in [0.25, 0.3) is 5.91 Å². The molecule has 3 rings (SSSR count). The van der Waals surface area contributed by atoms with Gasteiger partial charge in [-0.3, -0.25) is 4.79 Å². The first-order chi connectivity index (χ1) is 10.6. The molecule has 2 heterocycles. The van der Waals surface area contributed by atoms with Crippen LogP contribution in [0, 0.1) is 0 Å². The molecule has 2 aromatic heterocycles. The van der Waals surface area contributed by atoms with E-state index in [1.165, 1.54) is 16.9 Å². The lowest BCUT2D eigenvalue weighted by atomic mass is 10.2. The van der Waals surface area contributed by atoms with E-state index in [4.69, 9.17) is 11.6 Å². The fourth-order valence-electron chi connectivity index (χ4n) is 2.25. The number of fused-ring (bicyclic) bond motifs is 1. The number of thiazole rings is 1. The van der Waals surface area contributed by atoms with Crippen LogP contribution in [-0.4, -0.2) is 10.5 Å². The Balaban J connectivity index is 1.94. The molecule has 0 unspecified atom stereocenters. The standard InChI is InChI=1S/C16H15ClN2OS2/c1-3-10-4-6-12-13(8-10)22-16(19(12)2)18-15(20)9-11-5-7-14(17)21-11/h4-8H,3,9H2,1-2H3. The lowest BCUT2D eigenvalue weighted by Crippen LogP contribution is -2.13. The van der Waals surface area contributed by atoms with Crippen LogP contribution in [0.1, 0.15) is 17.4 Å². The van der Waals surface area contributed by atoms with Crippen LogP contribution in [0.2, 0.25) is 4.34 Å². The summed E-state index contributed by atoms with van der Waals surface area (Å²) in [5.41, 5.74) is 2.40. The van der Waals surface area contributed by atoms with Gasteiger partial charge in [-0.25, -0.2) is 0 Å². The molecule has 0 saturated carbocycles. The number of aryl methyl sites for hydroxylation is 2. The number of amides is 1. The number of nitrogens with zero attached hydrogens (tertiary/aromatic N) is 2. The second-order valence-corrected chi connectivity index (χ2v) is 7.80. The number of benzene rings is 1. The fourth-order valence-corrected chi connectivity index (χ4v) is 4.42. The Morgan fingerprint density at radius 1 is 1.27 bits per heavy atom. The third-order valence-electron chi connectivity index (χ3n) is 3.46. The number of carbonyl (C=O) groups excluding carboxylic acids is 1. The molecule has 0 aliphatic rings. The molecule has 0 spiro atoms. The molecule has 0 aliphatic heterocycles. The van der Waals surface area contributed by atoms with E-state index in [-0.39, 0.29) is 5.91 Å². The fraction of sp³-hybridized carbons (Fsp3) is 0.250. The highest BCUT2D eigenvalue weighted by atomic mass is 35.5. The van der Waals surface area contributed by atoms with Gasteiger partial charge in [0.1, 0.15) is 0 Å². The maximum atomic E-state index is 12.1. The van der Waals surface area contributed by atoms with Gasteiger partial charge in [-0.05, 0) is 36.2 Å². The summed E-state index contributed by atoms with van der Waals surface area (Å²) in [5.74, 6) is -0.142. The van der Waals surface area contributed by atoms with Crippen LogP contribution in [0.3, 0.4) is 0 Å². The number of hydrogen-bond donors (Lipinski definition) is 0. The summed E-state index contributed by atoms with van der Waals surface area (Å²) in [6.45, 7) is 2.13. The van der Waals surface area contributed by atoms with Gasteiger partial charge in [-0.1, -0.05) is 35.9 Å².